The summed E-state index contributed by atoms with van der Waals surface area (Å²) in [5, 5.41) is 14.6. The lowest BCUT2D eigenvalue weighted by atomic mass is 10.2. The summed E-state index contributed by atoms with van der Waals surface area (Å²) in [6.07, 6.45) is 0. The minimum absolute atomic E-state index is 0.118. The molecule has 0 unspecified atom stereocenters. The van der Waals surface area contributed by atoms with E-state index in [1.165, 1.54) is 0 Å². The van der Waals surface area contributed by atoms with Crippen LogP contribution in [0, 0.1) is 0 Å². The molecule has 2 aromatic rings. The van der Waals surface area contributed by atoms with Crippen molar-refractivity contribution in [3.8, 4) is 0 Å². The third-order valence-electron chi connectivity index (χ3n) is 2.52. The van der Waals surface area contributed by atoms with E-state index in [1.807, 2.05) is 18.2 Å². The second kappa shape index (κ2) is 6.36. The molecule has 0 aliphatic rings. The molecule has 3 N–H and O–H groups in total. The van der Waals surface area contributed by atoms with Crippen LogP contribution in [0.5, 0.6) is 0 Å². The van der Waals surface area contributed by atoms with Crippen LogP contribution in [0.2, 0.25) is 0 Å². The summed E-state index contributed by atoms with van der Waals surface area (Å²) in [7, 11) is 0. The maximum absolute atomic E-state index is 11.8. The van der Waals surface area contributed by atoms with E-state index >= 15 is 0 Å². The molecule has 0 saturated heterocycles. The van der Waals surface area contributed by atoms with Gasteiger partial charge in [-0.05, 0) is 24.3 Å². The number of anilines is 2. The predicted octanol–water partition coefficient (Wildman–Crippen LogP) is 3.59. The minimum Gasteiger partial charge on any atom is -0.392 e. The highest BCUT2D eigenvalue weighted by Gasteiger charge is 2.06. The molecule has 0 radical (unpaired) electrons. The van der Waals surface area contributed by atoms with Crippen LogP contribution in [0.25, 0.3) is 0 Å². The summed E-state index contributed by atoms with van der Waals surface area (Å²) in [5.74, 6) is 0. The molecule has 2 amide bonds. The molecule has 0 aliphatic carbocycles. The molecule has 0 heterocycles. The summed E-state index contributed by atoms with van der Waals surface area (Å²) in [6.45, 7) is -0.118. The van der Waals surface area contributed by atoms with E-state index in [2.05, 4.69) is 26.6 Å². The number of aliphatic hydroxyl groups excluding tert-OH is 1. The van der Waals surface area contributed by atoms with Crippen molar-refractivity contribution < 1.29 is 9.90 Å². The Labute approximate surface area is 119 Å². The van der Waals surface area contributed by atoms with Crippen molar-refractivity contribution in [3.63, 3.8) is 0 Å². The molecule has 0 spiro atoms. The van der Waals surface area contributed by atoms with Gasteiger partial charge in [0.25, 0.3) is 0 Å². The van der Waals surface area contributed by atoms with Gasteiger partial charge in [0.15, 0.2) is 0 Å². The standard InChI is InChI=1S/C14H13BrN2O2/c15-11-5-3-6-12(8-11)16-14(19)17-13-7-2-1-4-10(13)9-18/h1-8,18H,9H2,(H2,16,17,19). The number of hydrogen-bond donors (Lipinski definition) is 3. The highest BCUT2D eigenvalue weighted by molar-refractivity contribution is 9.10. The Balaban J connectivity index is 2.05. The number of carbonyl (C=O) groups is 1. The van der Waals surface area contributed by atoms with E-state index in [9.17, 15) is 9.90 Å². The molecule has 4 nitrogen and oxygen atoms in total. The van der Waals surface area contributed by atoms with Gasteiger partial charge in [-0.1, -0.05) is 40.2 Å². The van der Waals surface area contributed by atoms with Crippen molar-refractivity contribution in [3.05, 3.63) is 58.6 Å². The van der Waals surface area contributed by atoms with Gasteiger partial charge in [0.05, 0.1) is 6.61 Å². The van der Waals surface area contributed by atoms with Gasteiger partial charge in [0.2, 0.25) is 0 Å². The molecule has 0 saturated carbocycles. The Morgan fingerprint density at radius 3 is 2.63 bits per heavy atom. The van der Waals surface area contributed by atoms with Crippen molar-refractivity contribution in [2.45, 2.75) is 6.61 Å². The molecule has 0 aliphatic heterocycles. The summed E-state index contributed by atoms with van der Waals surface area (Å²) in [6, 6.07) is 14.1. The Morgan fingerprint density at radius 1 is 1.11 bits per heavy atom. The first-order valence-corrected chi connectivity index (χ1v) is 6.50. The van der Waals surface area contributed by atoms with Gasteiger partial charge in [-0.15, -0.1) is 0 Å². The third-order valence-corrected chi connectivity index (χ3v) is 3.01. The average Bonchev–Trinajstić information content (AvgIpc) is 2.39. The number of carbonyl (C=O) groups excluding carboxylic acids is 1. The Hall–Kier alpha value is -1.85. The third kappa shape index (κ3) is 3.81. The molecular weight excluding hydrogens is 308 g/mol. The van der Waals surface area contributed by atoms with Crippen molar-refractivity contribution in [1.29, 1.82) is 0 Å². The van der Waals surface area contributed by atoms with Crippen LogP contribution in [0.15, 0.2) is 53.0 Å². The van der Waals surface area contributed by atoms with Crippen molar-refractivity contribution in [1.82, 2.24) is 0 Å². The van der Waals surface area contributed by atoms with Gasteiger partial charge in [-0.25, -0.2) is 4.79 Å². The van der Waals surface area contributed by atoms with Crippen LogP contribution in [-0.4, -0.2) is 11.1 Å². The van der Waals surface area contributed by atoms with Gasteiger partial charge in [0.1, 0.15) is 0 Å². The SMILES string of the molecule is O=C(Nc1cccc(Br)c1)Nc1ccccc1CO. The summed E-state index contributed by atoms with van der Waals surface area (Å²) in [4.78, 5) is 11.8. The van der Waals surface area contributed by atoms with Gasteiger partial charge >= 0.3 is 6.03 Å². The van der Waals surface area contributed by atoms with E-state index in [4.69, 9.17) is 0 Å². The Kier molecular flexibility index (Phi) is 4.54. The second-order valence-corrected chi connectivity index (χ2v) is 4.82. The zero-order chi connectivity index (χ0) is 13.7. The molecule has 2 rings (SSSR count). The highest BCUT2D eigenvalue weighted by atomic mass is 79.9. The van der Waals surface area contributed by atoms with Crippen LogP contribution >= 0.6 is 15.9 Å². The zero-order valence-corrected chi connectivity index (χ0v) is 11.6. The number of para-hydroxylation sites is 1. The van der Waals surface area contributed by atoms with Crippen molar-refractivity contribution >= 4 is 33.3 Å². The first-order valence-electron chi connectivity index (χ1n) is 5.71. The van der Waals surface area contributed by atoms with Gasteiger partial charge in [-0.2, -0.15) is 0 Å². The second-order valence-electron chi connectivity index (χ2n) is 3.90. The van der Waals surface area contributed by atoms with Gasteiger partial charge in [0, 0.05) is 21.4 Å². The number of halogens is 1. The van der Waals surface area contributed by atoms with E-state index in [0.29, 0.717) is 16.9 Å². The number of nitrogens with one attached hydrogen (secondary N) is 2. The number of aliphatic hydroxyl groups is 1. The molecule has 98 valence electrons. The smallest absolute Gasteiger partial charge is 0.323 e. The average molecular weight is 321 g/mol. The predicted molar refractivity (Wildman–Crippen MR) is 79.1 cm³/mol. The normalized spacial score (nSPS) is 10.0. The number of rotatable bonds is 3. The van der Waals surface area contributed by atoms with E-state index in [1.54, 1.807) is 30.3 Å². The fourth-order valence-corrected chi connectivity index (χ4v) is 2.03. The highest BCUT2D eigenvalue weighted by Crippen LogP contribution is 2.17. The lowest BCUT2D eigenvalue weighted by Crippen LogP contribution is -2.20. The number of hydrogen-bond acceptors (Lipinski definition) is 2. The largest absolute Gasteiger partial charge is 0.392 e. The van der Waals surface area contributed by atoms with Gasteiger partial charge in [-0.3, -0.25) is 0 Å². The molecule has 0 atom stereocenters. The minimum atomic E-state index is -0.348. The van der Waals surface area contributed by atoms with Crippen LogP contribution < -0.4 is 10.6 Å². The molecular formula is C14H13BrN2O2. The summed E-state index contributed by atoms with van der Waals surface area (Å²) >= 11 is 3.34. The van der Waals surface area contributed by atoms with Gasteiger partial charge < -0.3 is 15.7 Å². The topological polar surface area (TPSA) is 61.4 Å². The zero-order valence-electron chi connectivity index (χ0n) is 10.1. The molecule has 5 heteroatoms. The lowest BCUT2D eigenvalue weighted by Gasteiger charge is -2.10. The number of amides is 2. The first kappa shape index (κ1) is 13.6. The van der Waals surface area contributed by atoms with Crippen molar-refractivity contribution in [2.24, 2.45) is 0 Å². The van der Waals surface area contributed by atoms with Crippen LogP contribution in [0.4, 0.5) is 16.2 Å². The fraction of sp³-hybridized carbons (Fsp3) is 0.0714. The molecule has 2 aromatic carbocycles. The Bertz CT molecular complexity index is 587. The van der Waals surface area contributed by atoms with Crippen LogP contribution in [-0.2, 0) is 6.61 Å². The molecule has 0 bridgehead atoms. The van der Waals surface area contributed by atoms with E-state index in [0.717, 1.165) is 4.47 Å². The van der Waals surface area contributed by atoms with E-state index in [-0.39, 0.29) is 12.6 Å². The van der Waals surface area contributed by atoms with Crippen molar-refractivity contribution in [2.75, 3.05) is 10.6 Å². The maximum atomic E-state index is 11.8. The fourth-order valence-electron chi connectivity index (χ4n) is 1.63. The first-order chi connectivity index (χ1) is 9.19. The Morgan fingerprint density at radius 2 is 1.89 bits per heavy atom. The molecule has 0 fully saturated rings. The molecule has 0 aromatic heterocycles. The summed E-state index contributed by atoms with van der Waals surface area (Å²) < 4.78 is 0.890. The lowest BCUT2D eigenvalue weighted by molar-refractivity contribution is 0.262. The monoisotopic (exact) mass is 320 g/mol. The summed E-state index contributed by atoms with van der Waals surface area (Å²) in [5.41, 5.74) is 1.96. The number of urea groups is 1. The quantitative estimate of drug-likeness (QED) is 0.809. The maximum Gasteiger partial charge on any atom is 0.323 e. The number of benzene rings is 2. The van der Waals surface area contributed by atoms with Crippen LogP contribution in [0.1, 0.15) is 5.56 Å². The molecule has 19 heavy (non-hydrogen) atoms. The van der Waals surface area contributed by atoms with Crippen LogP contribution in [0.3, 0.4) is 0 Å². The van der Waals surface area contributed by atoms with E-state index < -0.39 is 0 Å².